The average molecular weight is 119 g/mol. The summed E-state index contributed by atoms with van der Waals surface area (Å²) in [4.78, 5) is 0. The first-order valence-corrected chi connectivity index (χ1v) is 2.71. The van der Waals surface area contributed by atoms with Crippen molar-refractivity contribution in [1.82, 2.24) is 5.32 Å². The van der Waals surface area contributed by atoms with Crippen LogP contribution in [0.1, 0.15) is 13.8 Å². The lowest BCUT2D eigenvalue weighted by atomic mass is 10.4. The Morgan fingerprint density at radius 2 is 2.00 bits per heavy atom. The first kappa shape index (κ1) is 7.88. The van der Waals surface area contributed by atoms with Crippen LogP contribution in [0.25, 0.3) is 0 Å². The zero-order valence-corrected chi connectivity index (χ0v) is 5.26. The van der Waals surface area contributed by atoms with Crippen molar-refractivity contribution in [3.05, 3.63) is 0 Å². The van der Waals surface area contributed by atoms with Crippen molar-refractivity contribution in [2.24, 2.45) is 0 Å². The highest BCUT2D eigenvalue weighted by Gasteiger charge is 2.00. The number of hydrogen-bond donors (Lipinski definition) is 3. The second-order valence-electron chi connectivity index (χ2n) is 2.02. The summed E-state index contributed by atoms with van der Waals surface area (Å²) in [6.07, 6.45) is -0.769. The normalized spacial score (nSPS) is 14.6. The fraction of sp³-hybridized carbons (Fsp3) is 1.00. The maximum Gasteiger partial charge on any atom is 0.128 e. The Kier molecular flexibility index (Phi) is 3.77. The zero-order valence-electron chi connectivity index (χ0n) is 5.26. The molecule has 0 aromatic heterocycles. The quantitative estimate of drug-likeness (QED) is 0.430. The highest BCUT2D eigenvalue weighted by atomic mass is 16.3. The van der Waals surface area contributed by atoms with Gasteiger partial charge in [0.15, 0.2) is 0 Å². The number of nitrogens with one attached hydrogen (secondary N) is 1. The van der Waals surface area contributed by atoms with Gasteiger partial charge in [-0.15, -0.1) is 0 Å². The van der Waals surface area contributed by atoms with Crippen LogP contribution >= 0.6 is 0 Å². The average Bonchev–Trinajstić information content (AvgIpc) is 1.65. The SMILES string of the molecule is CC(C)NC(O)CO. The van der Waals surface area contributed by atoms with Gasteiger partial charge >= 0.3 is 0 Å². The summed E-state index contributed by atoms with van der Waals surface area (Å²) in [6, 6.07) is 0.220. The lowest BCUT2D eigenvalue weighted by Gasteiger charge is -2.11. The van der Waals surface area contributed by atoms with E-state index in [1.807, 2.05) is 13.8 Å². The van der Waals surface area contributed by atoms with E-state index in [0.29, 0.717) is 0 Å². The van der Waals surface area contributed by atoms with Crippen LogP contribution < -0.4 is 5.32 Å². The van der Waals surface area contributed by atoms with E-state index in [1.54, 1.807) is 0 Å². The largest absolute Gasteiger partial charge is 0.392 e. The molecule has 1 atom stereocenters. The minimum absolute atomic E-state index is 0.220. The number of rotatable bonds is 3. The molecule has 3 N–H and O–H groups in total. The molecule has 50 valence electrons. The second kappa shape index (κ2) is 3.83. The van der Waals surface area contributed by atoms with Crippen molar-refractivity contribution in [2.45, 2.75) is 26.1 Å². The summed E-state index contributed by atoms with van der Waals surface area (Å²) in [7, 11) is 0. The molecule has 0 amide bonds. The molecule has 0 heterocycles. The van der Waals surface area contributed by atoms with Gasteiger partial charge in [-0.1, -0.05) is 0 Å². The highest BCUT2D eigenvalue weighted by molar-refractivity contribution is 4.54. The predicted molar refractivity (Wildman–Crippen MR) is 31.4 cm³/mol. The molecule has 3 nitrogen and oxygen atoms in total. The van der Waals surface area contributed by atoms with Gasteiger partial charge < -0.3 is 10.2 Å². The van der Waals surface area contributed by atoms with Crippen LogP contribution in [0.3, 0.4) is 0 Å². The highest BCUT2D eigenvalue weighted by Crippen LogP contribution is 1.79. The van der Waals surface area contributed by atoms with Crippen LogP contribution in [-0.2, 0) is 0 Å². The van der Waals surface area contributed by atoms with Crippen molar-refractivity contribution in [2.75, 3.05) is 6.61 Å². The van der Waals surface area contributed by atoms with Gasteiger partial charge in [0, 0.05) is 6.04 Å². The van der Waals surface area contributed by atoms with Gasteiger partial charge in [0.1, 0.15) is 6.23 Å². The Balaban J connectivity index is 3.10. The number of aliphatic hydroxyl groups is 2. The third-order valence-electron chi connectivity index (χ3n) is 0.699. The van der Waals surface area contributed by atoms with E-state index in [2.05, 4.69) is 5.32 Å². The lowest BCUT2D eigenvalue weighted by molar-refractivity contribution is 0.0614. The first-order valence-electron chi connectivity index (χ1n) is 2.71. The lowest BCUT2D eigenvalue weighted by Crippen LogP contribution is -2.36. The van der Waals surface area contributed by atoms with Crippen molar-refractivity contribution >= 4 is 0 Å². The molecule has 0 aliphatic heterocycles. The molecular weight excluding hydrogens is 106 g/mol. The molecule has 0 saturated carbocycles. The van der Waals surface area contributed by atoms with Gasteiger partial charge in [0.2, 0.25) is 0 Å². The van der Waals surface area contributed by atoms with Gasteiger partial charge in [0.25, 0.3) is 0 Å². The van der Waals surface area contributed by atoms with Crippen LogP contribution in [-0.4, -0.2) is 29.1 Å². The van der Waals surface area contributed by atoms with Crippen LogP contribution in [0.2, 0.25) is 0 Å². The maximum absolute atomic E-state index is 8.67. The summed E-state index contributed by atoms with van der Waals surface area (Å²) in [5.41, 5.74) is 0. The third-order valence-corrected chi connectivity index (χ3v) is 0.699. The van der Waals surface area contributed by atoms with E-state index < -0.39 is 6.23 Å². The van der Waals surface area contributed by atoms with E-state index in [0.717, 1.165) is 0 Å². The minimum atomic E-state index is -0.769. The fourth-order valence-electron chi connectivity index (χ4n) is 0.437. The zero-order chi connectivity index (χ0) is 6.57. The summed E-state index contributed by atoms with van der Waals surface area (Å²) in [6.45, 7) is 3.58. The second-order valence-corrected chi connectivity index (χ2v) is 2.02. The van der Waals surface area contributed by atoms with Crippen molar-refractivity contribution in [3.8, 4) is 0 Å². The molecule has 0 aliphatic rings. The molecule has 0 aromatic rings. The van der Waals surface area contributed by atoms with E-state index in [4.69, 9.17) is 10.2 Å². The number of hydrogen-bond acceptors (Lipinski definition) is 3. The van der Waals surface area contributed by atoms with Crippen LogP contribution in [0, 0.1) is 0 Å². The van der Waals surface area contributed by atoms with Crippen LogP contribution in [0.5, 0.6) is 0 Å². The third kappa shape index (κ3) is 4.05. The van der Waals surface area contributed by atoms with Gasteiger partial charge in [-0.3, -0.25) is 5.32 Å². The molecule has 3 heteroatoms. The van der Waals surface area contributed by atoms with E-state index in [1.165, 1.54) is 0 Å². The number of aliphatic hydroxyl groups excluding tert-OH is 2. The van der Waals surface area contributed by atoms with Crippen LogP contribution in [0.4, 0.5) is 0 Å². The van der Waals surface area contributed by atoms with Crippen LogP contribution in [0.15, 0.2) is 0 Å². The smallest absolute Gasteiger partial charge is 0.128 e. The standard InChI is InChI=1S/C5H13NO2/c1-4(2)6-5(8)3-7/h4-8H,3H2,1-2H3. The van der Waals surface area contributed by atoms with Crippen molar-refractivity contribution in [3.63, 3.8) is 0 Å². The molecule has 0 aromatic carbocycles. The molecular formula is C5H13NO2. The fourth-order valence-corrected chi connectivity index (χ4v) is 0.437. The monoisotopic (exact) mass is 119 g/mol. The molecule has 0 saturated heterocycles. The van der Waals surface area contributed by atoms with E-state index in [9.17, 15) is 0 Å². The predicted octanol–water partition coefficient (Wildman–Crippen LogP) is -0.705. The molecule has 0 rings (SSSR count). The molecule has 8 heavy (non-hydrogen) atoms. The Hall–Kier alpha value is -0.120. The molecule has 0 spiro atoms. The first-order chi connectivity index (χ1) is 3.66. The summed E-state index contributed by atoms with van der Waals surface area (Å²) >= 11 is 0. The Bertz CT molecular complexity index is 56.4. The van der Waals surface area contributed by atoms with E-state index in [-0.39, 0.29) is 12.6 Å². The molecule has 1 unspecified atom stereocenters. The summed E-state index contributed by atoms with van der Waals surface area (Å²) in [5, 5.41) is 19.6. The Morgan fingerprint density at radius 1 is 1.50 bits per heavy atom. The van der Waals surface area contributed by atoms with Gasteiger partial charge in [-0.05, 0) is 13.8 Å². The van der Waals surface area contributed by atoms with Crippen molar-refractivity contribution < 1.29 is 10.2 Å². The Labute approximate surface area is 49.3 Å². The maximum atomic E-state index is 8.67. The minimum Gasteiger partial charge on any atom is -0.392 e. The topological polar surface area (TPSA) is 52.5 Å². The molecule has 0 aliphatic carbocycles. The van der Waals surface area contributed by atoms with Crippen molar-refractivity contribution in [1.29, 1.82) is 0 Å². The van der Waals surface area contributed by atoms with Gasteiger partial charge in [0.05, 0.1) is 6.61 Å². The summed E-state index contributed by atoms with van der Waals surface area (Å²) < 4.78 is 0. The molecule has 0 fully saturated rings. The van der Waals surface area contributed by atoms with E-state index >= 15 is 0 Å². The molecule has 0 bridgehead atoms. The Morgan fingerprint density at radius 3 is 2.12 bits per heavy atom. The van der Waals surface area contributed by atoms with Gasteiger partial charge in [-0.2, -0.15) is 0 Å². The summed E-state index contributed by atoms with van der Waals surface area (Å²) in [5.74, 6) is 0. The molecule has 0 radical (unpaired) electrons. The van der Waals surface area contributed by atoms with Gasteiger partial charge in [-0.25, -0.2) is 0 Å².